The van der Waals surface area contributed by atoms with E-state index in [2.05, 4.69) is 59.1 Å². The molecule has 0 bridgehead atoms. The van der Waals surface area contributed by atoms with E-state index in [1.54, 1.807) is 6.20 Å². The maximum atomic E-state index is 5.96. The molecule has 0 spiro atoms. The summed E-state index contributed by atoms with van der Waals surface area (Å²) in [6.45, 7) is 6.38. The SMILES string of the molecule is CC(C)c1ccnc(-c2[c-]ccc3c2oc2ncccc23)c1.Cc1ccc(-c2[c-]cccc2)nc1.[Ir]. The smallest absolute Gasteiger partial charge is 0.216 e. The molecule has 4 aromatic heterocycles. The monoisotopic (exact) mass is 648 g/mol. The van der Waals surface area contributed by atoms with Gasteiger partial charge in [-0.05, 0) is 48.0 Å². The number of nitrogens with zero attached hydrogens (tertiary/aromatic N) is 3. The van der Waals surface area contributed by atoms with Crippen LogP contribution in [0.4, 0.5) is 0 Å². The molecule has 1 radical (unpaired) electrons. The Morgan fingerprint density at radius 1 is 0.778 bits per heavy atom. The van der Waals surface area contributed by atoms with E-state index < -0.39 is 0 Å². The van der Waals surface area contributed by atoms with E-state index in [0.29, 0.717) is 11.6 Å². The fourth-order valence-corrected chi connectivity index (χ4v) is 3.89. The van der Waals surface area contributed by atoms with E-state index in [9.17, 15) is 0 Å². The Morgan fingerprint density at radius 2 is 1.67 bits per heavy atom. The van der Waals surface area contributed by atoms with Crippen molar-refractivity contribution in [3.8, 4) is 22.5 Å². The maximum absolute atomic E-state index is 5.96. The van der Waals surface area contributed by atoms with Gasteiger partial charge in [0.2, 0.25) is 5.71 Å². The molecule has 0 unspecified atom stereocenters. The van der Waals surface area contributed by atoms with Crippen molar-refractivity contribution >= 4 is 22.1 Å². The molecule has 0 amide bonds. The van der Waals surface area contributed by atoms with Gasteiger partial charge < -0.3 is 14.4 Å². The molecular formula is C31H25IrN3O-2. The number of hydrogen-bond acceptors (Lipinski definition) is 4. The average Bonchev–Trinajstić information content (AvgIpc) is 3.29. The molecule has 0 N–H and O–H groups in total. The number of rotatable bonds is 3. The van der Waals surface area contributed by atoms with Crippen LogP contribution in [0.15, 0.2) is 95.8 Å². The summed E-state index contributed by atoms with van der Waals surface area (Å²) >= 11 is 0. The third-order valence-electron chi connectivity index (χ3n) is 5.81. The quantitative estimate of drug-likeness (QED) is 0.184. The fourth-order valence-electron chi connectivity index (χ4n) is 3.89. The predicted octanol–water partition coefficient (Wildman–Crippen LogP) is 7.82. The minimum absolute atomic E-state index is 0. The molecule has 6 rings (SSSR count). The second kappa shape index (κ2) is 11.4. The van der Waals surface area contributed by atoms with Gasteiger partial charge in [0.25, 0.3) is 0 Å². The Balaban J connectivity index is 0.000000187. The Labute approximate surface area is 224 Å². The summed E-state index contributed by atoms with van der Waals surface area (Å²) in [6.07, 6.45) is 5.46. The van der Waals surface area contributed by atoms with Gasteiger partial charge in [0, 0.05) is 44.1 Å². The van der Waals surface area contributed by atoms with Crippen molar-refractivity contribution in [1.29, 1.82) is 0 Å². The number of pyridine rings is 3. The summed E-state index contributed by atoms with van der Waals surface area (Å²) in [5.74, 6) is 0.457. The molecule has 36 heavy (non-hydrogen) atoms. The third kappa shape index (κ3) is 5.43. The van der Waals surface area contributed by atoms with Crippen LogP contribution in [0.1, 0.15) is 30.9 Å². The minimum Gasteiger partial charge on any atom is -0.486 e. The van der Waals surface area contributed by atoms with Crippen LogP contribution >= 0.6 is 0 Å². The topological polar surface area (TPSA) is 51.8 Å². The van der Waals surface area contributed by atoms with Gasteiger partial charge in [-0.15, -0.1) is 54.1 Å². The van der Waals surface area contributed by atoms with Crippen LogP contribution < -0.4 is 0 Å². The van der Waals surface area contributed by atoms with Crippen LogP contribution in [0.2, 0.25) is 0 Å². The number of aromatic nitrogens is 3. The molecule has 4 nitrogen and oxygen atoms in total. The Morgan fingerprint density at radius 3 is 2.42 bits per heavy atom. The number of furan rings is 1. The first-order valence-corrected chi connectivity index (χ1v) is 11.6. The molecule has 0 atom stereocenters. The van der Waals surface area contributed by atoms with Crippen molar-refractivity contribution in [2.75, 3.05) is 0 Å². The molecule has 0 fully saturated rings. The summed E-state index contributed by atoms with van der Waals surface area (Å²) in [7, 11) is 0. The van der Waals surface area contributed by atoms with Crippen molar-refractivity contribution in [3.05, 3.63) is 115 Å². The maximum Gasteiger partial charge on any atom is 0.216 e. The first-order valence-electron chi connectivity index (χ1n) is 11.6. The Hall–Kier alpha value is -3.66. The fraction of sp³-hybridized carbons (Fsp3) is 0.129. The van der Waals surface area contributed by atoms with Crippen LogP contribution in [-0.4, -0.2) is 15.0 Å². The summed E-state index contributed by atoms with van der Waals surface area (Å²) in [4.78, 5) is 13.1. The van der Waals surface area contributed by atoms with Crippen LogP contribution in [-0.2, 0) is 20.1 Å². The summed E-state index contributed by atoms with van der Waals surface area (Å²) in [5, 5.41) is 2.07. The zero-order chi connectivity index (χ0) is 24.2. The standard InChI is InChI=1S/C19H15N2O.C12H10N.Ir/c1-12(2)13-8-10-20-17(11-13)16-6-3-5-14-15-7-4-9-21-19(15)22-18(14)16;1-10-7-8-12(13-9-10)11-5-3-2-4-6-11;/h3-5,7-12H,1-2H3;2-5,7-9H,1H3;/q2*-1;. The molecule has 0 saturated carbocycles. The van der Waals surface area contributed by atoms with E-state index in [0.717, 1.165) is 38.9 Å². The molecule has 181 valence electrons. The zero-order valence-electron chi connectivity index (χ0n) is 20.3. The first-order chi connectivity index (χ1) is 17.1. The third-order valence-corrected chi connectivity index (χ3v) is 5.81. The molecule has 5 heteroatoms. The van der Waals surface area contributed by atoms with Gasteiger partial charge in [0.15, 0.2) is 0 Å². The second-order valence-corrected chi connectivity index (χ2v) is 8.68. The molecule has 0 aliphatic carbocycles. The van der Waals surface area contributed by atoms with Crippen molar-refractivity contribution in [3.63, 3.8) is 0 Å². The van der Waals surface area contributed by atoms with Crippen molar-refractivity contribution in [1.82, 2.24) is 15.0 Å². The van der Waals surface area contributed by atoms with E-state index in [1.807, 2.05) is 73.9 Å². The van der Waals surface area contributed by atoms with E-state index in [-0.39, 0.29) is 20.1 Å². The van der Waals surface area contributed by atoms with E-state index in [4.69, 9.17) is 4.42 Å². The Bertz CT molecular complexity index is 1580. The van der Waals surface area contributed by atoms with Crippen LogP contribution in [0.25, 0.3) is 44.6 Å². The first kappa shape index (κ1) is 25.4. The van der Waals surface area contributed by atoms with Crippen molar-refractivity contribution in [2.45, 2.75) is 26.7 Å². The predicted molar refractivity (Wildman–Crippen MR) is 141 cm³/mol. The average molecular weight is 648 g/mol. The largest absolute Gasteiger partial charge is 0.486 e. The van der Waals surface area contributed by atoms with Gasteiger partial charge in [-0.3, -0.25) is 0 Å². The summed E-state index contributed by atoms with van der Waals surface area (Å²) in [5.41, 5.74) is 7.68. The van der Waals surface area contributed by atoms with Crippen molar-refractivity contribution < 1.29 is 24.5 Å². The minimum atomic E-state index is 0. The summed E-state index contributed by atoms with van der Waals surface area (Å²) < 4.78 is 5.96. The second-order valence-electron chi connectivity index (χ2n) is 8.68. The summed E-state index contributed by atoms with van der Waals surface area (Å²) in [6, 6.07) is 30.4. The van der Waals surface area contributed by atoms with Crippen LogP contribution in [0.3, 0.4) is 0 Å². The molecule has 2 aromatic carbocycles. The van der Waals surface area contributed by atoms with Gasteiger partial charge >= 0.3 is 0 Å². The molecule has 0 aliphatic rings. The van der Waals surface area contributed by atoms with Crippen LogP contribution in [0.5, 0.6) is 0 Å². The van der Waals surface area contributed by atoms with E-state index in [1.165, 1.54) is 11.1 Å². The zero-order valence-corrected chi connectivity index (χ0v) is 22.7. The molecule has 6 aromatic rings. The van der Waals surface area contributed by atoms with Gasteiger partial charge in [0.1, 0.15) is 0 Å². The number of benzene rings is 2. The molecule has 0 aliphatic heterocycles. The molecule has 4 heterocycles. The molecular weight excluding hydrogens is 623 g/mol. The molecule has 0 saturated heterocycles. The van der Waals surface area contributed by atoms with Gasteiger partial charge in [-0.1, -0.05) is 48.6 Å². The number of fused-ring (bicyclic) bond motifs is 3. The van der Waals surface area contributed by atoms with Gasteiger partial charge in [-0.2, -0.15) is 0 Å². The Kier molecular flexibility index (Phi) is 8.04. The van der Waals surface area contributed by atoms with E-state index >= 15 is 0 Å². The normalized spacial score (nSPS) is 10.7. The van der Waals surface area contributed by atoms with Crippen molar-refractivity contribution in [2.24, 2.45) is 0 Å². The number of hydrogen-bond donors (Lipinski definition) is 0. The van der Waals surface area contributed by atoms with Gasteiger partial charge in [0.05, 0.1) is 5.58 Å². The number of aryl methyl sites for hydroxylation is 1. The van der Waals surface area contributed by atoms with Crippen LogP contribution in [0, 0.1) is 19.1 Å². The van der Waals surface area contributed by atoms with Gasteiger partial charge in [-0.25, -0.2) is 4.98 Å².